The Labute approximate surface area is 107 Å². The maximum atomic E-state index is 13.0. The zero-order valence-electron chi connectivity index (χ0n) is 11.4. The van der Waals surface area contributed by atoms with Gasteiger partial charge in [0.05, 0.1) is 0 Å². The van der Waals surface area contributed by atoms with E-state index in [1.165, 1.54) is 12.1 Å². The van der Waals surface area contributed by atoms with E-state index in [2.05, 4.69) is 5.32 Å². The summed E-state index contributed by atoms with van der Waals surface area (Å²) in [7, 11) is 0. The molecular formula is C14H22F3N. The normalized spacial score (nSPS) is 12.6. The van der Waals surface area contributed by atoms with Gasteiger partial charge < -0.3 is 5.32 Å². The van der Waals surface area contributed by atoms with E-state index in [1.807, 2.05) is 27.7 Å². The molecule has 0 aromatic heterocycles. The molecule has 0 saturated carbocycles. The third-order valence-electron chi connectivity index (χ3n) is 2.51. The van der Waals surface area contributed by atoms with Crippen LogP contribution in [0, 0.1) is 0 Å². The van der Waals surface area contributed by atoms with Gasteiger partial charge in [0.25, 0.3) is 0 Å². The second kappa shape index (κ2) is 8.14. The Morgan fingerprint density at radius 3 is 2.06 bits per heavy atom. The molecule has 0 aliphatic carbocycles. The van der Waals surface area contributed by atoms with Crippen molar-refractivity contribution in [3.8, 4) is 0 Å². The van der Waals surface area contributed by atoms with Crippen molar-refractivity contribution in [3.63, 3.8) is 0 Å². The van der Waals surface area contributed by atoms with E-state index < -0.39 is 12.6 Å². The Hall–Kier alpha value is -1.03. The zero-order valence-corrected chi connectivity index (χ0v) is 11.4. The lowest BCUT2D eigenvalue weighted by Crippen LogP contribution is -2.19. The number of halogens is 3. The van der Waals surface area contributed by atoms with Gasteiger partial charge in [-0.2, -0.15) is 8.78 Å². The highest BCUT2D eigenvalue weighted by molar-refractivity contribution is 5.27. The quantitative estimate of drug-likeness (QED) is 0.826. The van der Waals surface area contributed by atoms with Gasteiger partial charge in [-0.1, -0.05) is 45.0 Å². The molecule has 0 aliphatic rings. The first kappa shape index (κ1) is 17.0. The summed E-state index contributed by atoms with van der Waals surface area (Å²) in [4.78, 5) is 0. The van der Waals surface area contributed by atoms with Crippen molar-refractivity contribution in [2.24, 2.45) is 0 Å². The Morgan fingerprint density at radius 1 is 1.17 bits per heavy atom. The molecule has 0 unspecified atom stereocenters. The first-order chi connectivity index (χ1) is 8.51. The van der Waals surface area contributed by atoms with Crippen LogP contribution in [-0.2, 0) is 5.92 Å². The number of hydrogen-bond donors (Lipinski definition) is 1. The van der Waals surface area contributed by atoms with E-state index in [0.717, 1.165) is 12.1 Å². The molecule has 1 N–H and O–H groups in total. The molecule has 1 aromatic rings. The van der Waals surface area contributed by atoms with E-state index in [9.17, 15) is 13.2 Å². The number of nitrogens with one attached hydrogen (secondary N) is 1. The molecule has 1 aromatic carbocycles. The van der Waals surface area contributed by atoms with E-state index in [4.69, 9.17) is 0 Å². The lowest BCUT2D eigenvalue weighted by molar-refractivity contribution is -0.0281. The van der Waals surface area contributed by atoms with Crippen molar-refractivity contribution in [1.29, 1.82) is 0 Å². The van der Waals surface area contributed by atoms with Crippen LogP contribution in [0.25, 0.3) is 0 Å². The van der Waals surface area contributed by atoms with Gasteiger partial charge in [-0.05, 0) is 19.0 Å². The summed E-state index contributed by atoms with van der Waals surface area (Å²) in [5.41, 5.74) is 0.641. The summed E-state index contributed by atoms with van der Waals surface area (Å²) in [6.07, 6.45) is 0. The molecule has 0 saturated heterocycles. The molecule has 0 radical (unpaired) electrons. The van der Waals surface area contributed by atoms with Crippen LogP contribution >= 0.6 is 0 Å². The van der Waals surface area contributed by atoms with Crippen LogP contribution in [0.4, 0.5) is 13.2 Å². The smallest absolute Gasteiger partial charge is 0.301 e. The largest absolute Gasteiger partial charge is 0.310 e. The topological polar surface area (TPSA) is 12.0 Å². The Balaban J connectivity index is 0.00000137. The van der Waals surface area contributed by atoms with Gasteiger partial charge in [0.1, 0.15) is 0 Å². The van der Waals surface area contributed by atoms with Gasteiger partial charge in [-0.15, -0.1) is 0 Å². The van der Waals surface area contributed by atoms with Crippen molar-refractivity contribution in [2.45, 2.75) is 39.7 Å². The fourth-order valence-corrected chi connectivity index (χ4v) is 1.52. The Kier molecular flexibility index (Phi) is 7.67. The number of hydrogen-bond acceptors (Lipinski definition) is 1. The van der Waals surface area contributed by atoms with Crippen molar-refractivity contribution < 1.29 is 13.2 Å². The van der Waals surface area contributed by atoms with Gasteiger partial charge in [0, 0.05) is 11.6 Å². The second-order valence-electron chi connectivity index (χ2n) is 3.74. The van der Waals surface area contributed by atoms with Gasteiger partial charge in [-0.3, -0.25) is 0 Å². The standard InChI is InChI=1S/C12H16F3N.C2H6/c1-3-16-9(2)10-4-6-11(7-5-10)12(14,15)8-13;1-2/h4-7,9,16H,3,8H2,1-2H3;1-2H3/t9-;/m1./s1. The predicted octanol–water partition coefficient (Wildman–Crippen LogP) is 4.44. The van der Waals surface area contributed by atoms with E-state index in [0.29, 0.717) is 0 Å². The lowest BCUT2D eigenvalue weighted by Gasteiger charge is -2.16. The molecule has 104 valence electrons. The third-order valence-corrected chi connectivity index (χ3v) is 2.51. The summed E-state index contributed by atoms with van der Waals surface area (Å²) in [6.45, 7) is 7.08. The van der Waals surface area contributed by atoms with Gasteiger partial charge in [0.15, 0.2) is 6.67 Å². The van der Waals surface area contributed by atoms with Gasteiger partial charge in [-0.25, -0.2) is 4.39 Å². The number of rotatable bonds is 5. The average molecular weight is 261 g/mol. The first-order valence-electron chi connectivity index (χ1n) is 6.29. The molecule has 1 nitrogen and oxygen atoms in total. The maximum absolute atomic E-state index is 13.0. The fraction of sp³-hybridized carbons (Fsp3) is 0.571. The Morgan fingerprint density at radius 2 is 1.67 bits per heavy atom. The SMILES string of the molecule is CC.CCN[C@H](C)c1ccc(C(F)(F)CF)cc1. The highest BCUT2D eigenvalue weighted by atomic mass is 19.3. The van der Waals surface area contributed by atoms with Crippen LogP contribution in [0.1, 0.15) is 44.9 Å². The van der Waals surface area contributed by atoms with Crippen molar-refractivity contribution in [1.82, 2.24) is 5.32 Å². The van der Waals surface area contributed by atoms with E-state index in [-0.39, 0.29) is 11.6 Å². The molecule has 0 spiro atoms. The van der Waals surface area contributed by atoms with E-state index >= 15 is 0 Å². The second-order valence-corrected chi connectivity index (χ2v) is 3.74. The van der Waals surface area contributed by atoms with Crippen LogP contribution in [0.15, 0.2) is 24.3 Å². The molecule has 0 fully saturated rings. The van der Waals surface area contributed by atoms with Crippen molar-refractivity contribution in [3.05, 3.63) is 35.4 Å². The van der Waals surface area contributed by atoms with Crippen LogP contribution in [0.5, 0.6) is 0 Å². The summed E-state index contributed by atoms with van der Waals surface area (Å²) < 4.78 is 38.0. The summed E-state index contributed by atoms with van der Waals surface area (Å²) >= 11 is 0. The molecule has 0 bridgehead atoms. The lowest BCUT2D eigenvalue weighted by atomic mass is 10.0. The molecule has 1 atom stereocenters. The van der Waals surface area contributed by atoms with Crippen molar-refractivity contribution in [2.75, 3.05) is 13.2 Å². The fourth-order valence-electron chi connectivity index (χ4n) is 1.52. The van der Waals surface area contributed by atoms with Gasteiger partial charge >= 0.3 is 5.92 Å². The highest BCUT2D eigenvalue weighted by Gasteiger charge is 2.31. The molecule has 18 heavy (non-hydrogen) atoms. The van der Waals surface area contributed by atoms with Crippen LogP contribution < -0.4 is 5.32 Å². The summed E-state index contributed by atoms with van der Waals surface area (Å²) in [6, 6.07) is 5.88. The van der Waals surface area contributed by atoms with Crippen LogP contribution in [-0.4, -0.2) is 13.2 Å². The molecule has 0 aliphatic heterocycles. The van der Waals surface area contributed by atoms with Gasteiger partial charge in [0.2, 0.25) is 0 Å². The van der Waals surface area contributed by atoms with Crippen LogP contribution in [0.3, 0.4) is 0 Å². The molecular weight excluding hydrogens is 239 g/mol. The maximum Gasteiger partial charge on any atom is 0.301 e. The first-order valence-corrected chi connectivity index (χ1v) is 6.29. The van der Waals surface area contributed by atoms with E-state index in [1.54, 1.807) is 12.1 Å². The number of alkyl halides is 3. The number of benzene rings is 1. The molecule has 0 amide bonds. The molecule has 0 heterocycles. The Bertz CT molecular complexity index is 322. The third kappa shape index (κ3) is 4.69. The predicted molar refractivity (Wildman–Crippen MR) is 69.8 cm³/mol. The minimum atomic E-state index is -3.38. The monoisotopic (exact) mass is 261 g/mol. The summed E-state index contributed by atoms with van der Waals surface area (Å²) in [5.74, 6) is -3.38. The molecule has 4 heteroatoms. The van der Waals surface area contributed by atoms with Crippen LogP contribution in [0.2, 0.25) is 0 Å². The molecule has 1 rings (SSSR count). The minimum absolute atomic E-state index is 0.109. The minimum Gasteiger partial charge on any atom is -0.310 e. The highest BCUT2D eigenvalue weighted by Crippen LogP contribution is 2.29. The average Bonchev–Trinajstić information content (AvgIpc) is 2.41. The van der Waals surface area contributed by atoms with Crippen molar-refractivity contribution >= 4 is 0 Å². The summed E-state index contributed by atoms with van der Waals surface area (Å²) in [5, 5.41) is 3.17. The zero-order chi connectivity index (χ0) is 14.2.